The van der Waals surface area contributed by atoms with Crippen molar-refractivity contribution in [3.8, 4) is 5.75 Å². The van der Waals surface area contributed by atoms with E-state index in [9.17, 15) is 4.79 Å². The van der Waals surface area contributed by atoms with Crippen LogP contribution in [0.2, 0.25) is 0 Å². The molecule has 0 aliphatic rings. The van der Waals surface area contributed by atoms with E-state index in [0.29, 0.717) is 26.1 Å². The Morgan fingerprint density at radius 3 is 2.05 bits per heavy atom. The maximum Gasteiger partial charge on any atom is 0.343 e. The summed E-state index contributed by atoms with van der Waals surface area (Å²) in [7, 11) is 0. The summed E-state index contributed by atoms with van der Waals surface area (Å²) >= 11 is 22.9. The third kappa shape index (κ3) is 3.98. The van der Waals surface area contributed by atoms with Crippen molar-refractivity contribution in [2.45, 2.75) is 5.88 Å². The predicted octanol–water partition coefficient (Wildman–Crippen LogP) is 7.46. The number of carbonyl (C=O) groups is 1. The van der Waals surface area contributed by atoms with Crippen molar-refractivity contribution in [3.05, 3.63) is 57.8 Å². The Hall–Kier alpha value is 0.600. The van der Waals surface area contributed by atoms with Crippen molar-refractivity contribution in [2.24, 2.45) is 0 Å². The summed E-state index contributed by atoms with van der Waals surface area (Å²) < 4.78 is 9.04. The maximum atomic E-state index is 12.3. The molecule has 0 radical (unpaired) electrons. The van der Waals surface area contributed by atoms with Crippen LogP contribution in [0.1, 0.15) is 15.9 Å². The van der Waals surface area contributed by atoms with E-state index >= 15 is 0 Å². The Bertz CT molecular complexity index is 719. The van der Waals surface area contributed by atoms with E-state index in [0.717, 1.165) is 19.0 Å². The van der Waals surface area contributed by atoms with Gasteiger partial charge in [-0.2, -0.15) is 0 Å². The Morgan fingerprint density at radius 2 is 1.50 bits per heavy atom. The van der Waals surface area contributed by atoms with E-state index in [1.54, 1.807) is 18.2 Å². The van der Waals surface area contributed by atoms with Gasteiger partial charge in [0.05, 0.1) is 23.5 Å². The highest BCUT2D eigenvalue weighted by Gasteiger charge is 2.21. The number of hydrogen-bond acceptors (Lipinski definition) is 2. The number of alkyl halides is 1. The molecule has 2 nitrogen and oxygen atoms in total. The van der Waals surface area contributed by atoms with Crippen LogP contribution in [0.4, 0.5) is 0 Å². The summed E-state index contributed by atoms with van der Waals surface area (Å²) in [5.74, 6) is 0.252. The van der Waals surface area contributed by atoms with Gasteiger partial charge in [-0.25, -0.2) is 4.79 Å². The molecule has 2 aromatic carbocycles. The molecule has 0 bridgehead atoms. The molecule has 0 amide bonds. The molecule has 116 valence electrons. The standard InChI is InChI=1S/C14H6Br5ClO2/c15-8-9(16)11(18)13(12(19)10(8)17)22-14(21)7-3-1-2-6(4-7)5-20/h1-4H,5H2. The topological polar surface area (TPSA) is 26.3 Å². The zero-order valence-electron chi connectivity index (χ0n) is 10.6. The molecule has 0 aromatic heterocycles. The van der Waals surface area contributed by atoms with Crippen molar-refractivity contribution in [2.75, 3.05) is 0 Å². The molecule has 2 rings (SSSR count). The highest BCUT2D eigenvalue weighted by Crippen LogP contribution is 2.48. The van der Waals surface area contributed by atoms with Gasteiger partial charge in [-0.1, -0.05) is 12.1 Å². The van der Waals surface area contributed by atoms with Gasteiger partial charge in [0.25, 0.3) is 0 Å². The summed E-state index contributed by atoms with van der Waals surface area (Å²) in [6.07, 6.45) is 0. The van der Waals surface area contributed by atoms with Gasteiger partial charge in [-0.15, -0.1) is 11.6 Å². The number of esters is 1. The minimum absolute atomic E-state index is 0.337. The fourth-order valence-corrected chi connectivity index (χ4v) is 4.95. The zero-order chi connectivity index (χ0) is 16.4. The van der Waals surface area contributed by atoms with Gasteiger partial charge >= 0.3 is 5.97 Å². The second kappa shape index (κ2) is 8.12. The van der Waals surface area contributed by atoms with E-state index in [1.165, 1.54) is 0 Å². The van der Waals surface area contributed by atoms with Crippen LogP contribution in [0.25, 0.3) is 0 Å². The number of halogens is 6. The SMILES string of the molecule is O=C(Oc1c(Br)c(Br)c(Br)c(Br)c1Br)c1cccc(CCl)c1. The van der Waals surface area contributed by atoms with E-state index in [2.05, 4.69) is 79.6 Å². The summed E-state index contributed by atoms with van der Waals surface area (Å²) in [6, 6.07) is 7.01. The molecule has 0 saturated carbocycles. The lowest BCUT2D eigenvalue weighted by Gasteiger charge is -2.13. The third-order valence-electron chi connectivity index (χ3n) is 2.68. The normalized spacial score (nSPS) is 10.6. The molecule has 22 heavy (non-hydrogen) atoms. The lowest BCUT2D eigenvalue weighted by Crippen LogP contribution is -2.10. The minimum atomic E-state index is -0.463. The smallest absolute Gasteiger partial charge is 0.343 e. The van der Waals surface area contributed by atoms with Crippen LogP contribution in [-0.2, 0) is 5.88 Å². The molecule has 0 atom stereocenters. The number of ether oxygens (including phenoxy) is 1. The second-order valence-corrected chi connectivity index (χ2v) is 8.35. The number of hydrogen-bond donors (Lipinski definition) is 0. The molecular weight excluding hydrogens is 635 g/mol. The first-order valence-electron chi connectivity index (χ1n) is 5.75. The summed E-state index contributed by atoms with van der Waals surface area (Å²) in [5, 5.41) is 0. The van der Waals surface area contributed by atoms with Crippen LogP contribution in [0.15, 0.2) is 46.6 Å². The highest BCUT2D eigenvalue weighted by atomic mass is 79.9. The molecule has 0 N–H and O–H groups in total. The van der Waals surface area contributed by atoms with Crippen molar-refractivity contribution >= 4 is 97.2 Å². The zero-order valence-corrected chi connectivity index (χ0v) is 19.3. The van der Waals surface area contributed by atoms with Gasteiger partial charge in [0, 0.05) is 10.4 Å². The Labute approximate surface area is 174 Å². The van der Waals surface area contributed by atoms with Crippen molar-refractivity contribution in [3.63, 3.8) is 0 Å². The van der Waals surface area contributed by atoms with Crippen molar-refractivity contribution < 1.29 is 9.53 Å². The van der Waals surface area contributed by atoms with E-state index in [1.807, 2.05) is 6.07 Å². The van der Waals surface area contributed by atoms with Crippen LogP contribution in [0, 0.1) is 0 Å². The third-order valence-corrected chi connectivity index (χ3v) is 9.01. The molecule has 0 aliphatic heterocycles. The Morgan fingerprint density at radius 1 is 0.955 bits per heavy atom. The van der Waals surface area contributed by atoms with Gasteiger partial charge in [-0.3, -0.25) is 0 Å². The summed E-state index contributed by atoms with van der Waals surface area (Å²) in [5.41, 5.74) is 1.29. The first-order valence-corrected chi connectivity index (χ1v) is 10.2. The van der Waals surface area contributed by atoms with Crippen LogP contribution in [-0.4, -0.2) is 5.97 Å². The lowest BCUT2D eigenvalue weighted by atomic mass is 10.1. The van der Waals surface area contributed by atoms with Crippen molar-refractivity contribution in [1.29, 1.82) is 0 Å². The molecule has 8 heteroatoms. The maximum absolute atomic E-state index is 12.3. The largest absolute Gasteiger partial charge is 0.420 e. The van der Waals surface area contributed by atoms with Gasteiger partial charge in [0.1, 0.15) is 0 Å². The molecule has 2 aromatic rings. The lowest BCUT2D eigenvalue weighted by molar-refractivity contribution is 0.0732. The van der Waals surface area contributed by atoms with E-state index in [4.69, 9.17) is 16.3 Å². The van der Waals surface area contributed by atoms with E-state index < -0.39 is 5.97 Å². The van der Waals surface area contributed by atoms with Gasteiger partial charge in [0.2, 0.25) is 0 Å². The van der Waals surface area contributed by atoms with Crippen LogP contribution in [0.3, 0.4) is 0 Å². The van der Waals surface area contributed by atoms with Gasteiger partial charge in [-0.05, 0) is 97.3 Å². The quantitative estimate of drug-likeness (QED) is 0.115. The first-order chi connectivity index (χ1) is 10.4. The summed E-state index contributed by atoms with van der Waals surface area (Å²) in [6.45, 7) is 0. The average molecular weight is 641 g/mol. The van der Waals surface area contributed by atoms with Crippen LogP contribution in [0.5, 0.6) is 5.75 Å². The number of rotatable bonds is 3. The molecule has 0 fully saturated rings. The monoisotopic (exact) mass is 636 g/mol. The van der Waals surface area contributed by atoms with Gasteiger partial charge in [0.15, 0.2) is 5.75 Å². The minimum Gasteiger partial charge on any atom is -0.420 e. The molecule has 0 aliphatic carbocycles. The molecule has 0 heterocycles. The fourth-order valence-electron chi connectivity index (χ4n) is 1.61. The Kier molecular flexibility index (Phi) is 6.99. The summed E-state index contributed by atoms with van der Waals surface area (Å²) in [4.78, 5) is 12.3. The van der Waals surface area contributed by atoms with E-state index in [-0.39, 0.29) is 0 Å². The second-order valence-electron chi connectivity index (χ2n) is 4.12. The first kappa shape index (κ1) is 18.9. The van der Waals surface area contributed by atoms with Crippen molar-refractivity contribution in [1.82, 2.24) is 0 Å². The average Bonchev–Trinajstić information content (AvgIpc) is 2.55. The number of benzene rings is 2. The fraction of sp³-hybridized carbons (Fsp3) is 0.0714. The van der Waals surface area contributed by atoms with Crippen LogP contribution >= 0.6 is 91.3 Å². The predicted molar refractivity (Wildman–Crippen MR) is 106 cm³/mol. The highest BCUT2D eigenvalue weighted by molar-refractivity contribution is 9.15. The van der Waals surface area contributed by atoms with Crippen LogP contribution < -0.4 is 4.74 Å². The molecule has 0 saturated heterocycles. The Balaban J connectivity index is 2.40. The molecule has 0 spiro atoms. The molecular formula is C14H6Br5ClO2. The number of carbonyl (C=O) groups excluding carboxylic acids is 1. The molecule has 0 unspecified atom stereocenters. The van der Waals surface area contributed by atoms with Gasteiger partial charge < -0.3 is 4.74 Å².